The molecule has 2 aromatic carbocycles. The first-order valence-corrected chi connectivity index (χ1v) is 10.7. The molecule has 1 aromatic heterocycles. The lowest BCUT2D eigenvalue weighted by Crippen LogP contribution is -2.31. The van der Waals surface area contributed by atoms with Crippen molar-refractivity contribution in [3.05, 3.63) is 71.2 Å². The predicted octanol–water partition coefficient (Wildman–Crippen LogP) is 3.15. The smallest absolute Gasteiger partial charge is 0.255 e. The Morgan fingerprint density at radius 2 is 1.94 bits per heavy atom. The van der Waals surface area contributed by atoms with Gasteiger partial charge in [-0.2, -0.15) is 10.1 Å². The molecule has 9 nitrogen and oxygen atoms in total. The van der Waals surface area contributed by atoms with Crippen LogP contribution < -0.4 is 20.1 Å². The number of anilines is 2. The average molecular weight is 450 g/mol. The molecule has 1 unspecified atom stereocenters. The van der Waals surface area contributed by atoms with Crippen LogP contribution in [0.1, 0.15) is 30.8 Å². The van der Waals surface area contributed by atoms with E-state index in [0.717, 1.165) is 5.56 Å². The fourth-order valence-corrected chi connectivity index (χ4v) is 3.97. The zero-order valence-electron chi connectivity index (χ0n) is 18.8. The van der Waals surface area contributed by atoms with Gasteiger partial charge in [-0.15, -0.1) is 0 Å². The Morgan fingerprint density at radius 3 is 2.64 bits per heavy atom. The number of nitrogens with one attached hydrogen (secondary N) is 2. The summed E-state index contributed by atoms with van der Waals surface area (Å²) < 4.78 is 12.9. The molecule has 0 spiro atoms. The number of aliphatic hydroxyl groups is 1. The van der Waals surface area contributed by atoms with Crippen LogP contribution in [-0.4, -0.2) is 46.6 Å². The van der Waals surface area contributed by atoms with Gasteiger partial charge < -0.3 is 25.2 Å². The minimum atomic E-state index is -0.606. The number of benzene rings is 2. The van der Waals surface area contributed by atoms with Crippen molar-refractivity contribution in [3.63, 3.8) is 0 Å². The highest BCUT2D eigenvalue weighted by atomic mass is 16.5. The summed E-state index contributed by atoms with van der Waals surface area (Å²) in [6, 6.07) is 14.2. The number of rotatable bonds is 8. The molecule has 1 amide bonds. The van der Waals surface area contributed by atoms with Crippen LogP contribution in [0, 0.1) is 0 Å². The lowest BCUT2D eigenvalue weighted by Gasteiger charge is -2.30. The summed E-state index contributed by atoms with van der Waals surface area (Å²) >= 11 is 0. The molecule has 2 heterocycles. The SMILES string of the molecule is COc1cccc(C2C(C(=O)Nc3ccccc3)=C(C)Nc3nc(CCCO)nn32)c1OC. The average Bonchev–Trinajstić information content (AvgIpc) is 3.24. The second kappa shape index (κ2) is 9.74. The number of fused-ring (bicyclic) bond motifs is 1. The third-order valence-electron chi connectivity index (χ3n) is 5.46. The third kappa shape index (κ3) is 4.40. The first-order chi connectivity index (χ1) is 16.1. The number of nitrogens with zero attached hydrogens (tertiary/aromatic N) is 3. The van der Waals surface area contributed by atoms with Crippen molar-refractivity contribution < 1.29 is 19.4 Å². The molecule has 1 aliphatic heterocycles. The summed E-state index contributed by atoms with van der Waals surface area (Å²) in [6.07, 6.45) is 1.06. The van der Waals surface area contributed by atoms with Gasteiger partial charge in [0.25, 0.3) is 5.91 Å². The van der Waals surface area contributed by atoms with Gasteiger partial charge in [0.05, 0.1) is 19.8 Å². The summed E-state index contributed by atoms with van der Waals surface area (Å²) in [7, 11) is 3.14. The van der Waals surface area contributed by atoms with Gasteiger partial charge in [0.2, 0.25) is 5.95 Å². The van der Waals surface area contributed by atoms with Crippen molar-refractivity contribution in [2.75, 3.05) is 31.5 Å². The standard InChI is InChI=1S/C24H27N5O4/c1-15-20(23(31)26-16-9-5-4-6-10-16)21(17-11-7-12-18(32-2)22(17)33-3)29-24(25-15)27-19(28-29)13-8-14-30/h4-7,9-12,21,30H,8,13-14H2,1-3H3,(H,26,31)(H,25,27,28). The van der Waals surface area contributed by atoms with Crippen molar-refractivity contribution in [3.8, 4) is 11.5 Å². The van der Waals surface area contributed by atoms with Crippen LogP contribution >= 0.6 is 0 Å². The number of aliphatic hydroxyl groups excluding tert-OH is 1. The molecule has 3 N–H and O–H groups in total. The summed E-state index contributed by atoms with van der Waals surface area (Å²) in [4.78, 5) is 18.1. The van der Waals surface area contributed by atoms with Gasteiger partial charge in [-0.1, -0.05) is 30.3 Å². The highest BCUT2D eigenvalue weighted by Crippen LogP contribution is 2.43. The minimum Gasteiger partial charge on any atom is -0.493 e. The van der Waals surface area contributed by atoms with Gasteiger partial charge in [-0.3, -0.25) is 4.79 Å². The lowest BCUT2D eigenvalue weighted by molar-refractivity contribution is -0.113. The van der Waals surface area contributed by atoms with E-state index >= 15 is 0 Å². The Labute approximate surface area is 192 Å². The van der Waals surface area contributed by atoms with Gasteiger partial charge in [0, 0.05) is 30.0 Å². The number of methoxy groups -OCH3 is 2. The summed E-state index contributed by atoms with van der Waals surface area (Å²) in [5.74, 6) is 1.90. The van der Waals surface area contributed by atoms with Crippen molar-refractivity contribution in [2.45, 2.75) is 25.8 Å². The first-order valence-electron chi connectivity index (χ1n) is 10.7. The van der Waals surface area contributed by atoms with Gasteiger partial charge in [0.15, 0.2) is 17.3 Å². The number of amides is 1. The maximum atomic E-state index is 13.5. The topological polar surface area (TPSA) is 111 Å². The Balaban J connectivity index is 1.84. The minimum absolute atomic E-state index is 0.0481. The highest BCUT2D eigenvalue weighted by molar-refractivity contribution is 6.06. The molecule has 4 rings (SSSR count). The number of aryl methyl sites for hydroxylation is 1. The largest absolute Gasteiger partial charge is 0.493 e. The number of carbonyl (C=O) groups excluding carboxylic acids is 1. The summed E-state index contributed by atoms with van der Waals surface area (Å²) in [5.41, 5.74) is 2.55. The van der Waals surface area contributed by atoms with Crippen molar-refractivity contribution in [2.24, 2.45) is 0 Å². The van der Waals surface area contributed by atoms with E-state index in [0.29, 0.717) is 53.1 Å². The van der Waals surface area contributed by atoms with E-state index in [1.54, 1.807) is 25.0 Å². The zero-order valence-corrected chi connectivity index (χ0v) is 18.8. The number of aromatic nitrogens is 3. The lowest BCUT2D eigenvalue weighted by atomic mass is 9.94. The van der Waals surface area contributed by atoms with Crippen molar-refractivity contribution in [1.82, 2.24) is 14.8 Å². The van der Waals surface area contributed by atoms with E-state index < -0.39 is 6.04 Å². The maximum Gasteiger partial charge on any atom is 0.255 e. The van der Waals surface area contributed by atoms with E-state index in [-0.39, 0.29) is 12.5 Å². The summed E-state index contributed by atoms with van der Waals surface area (Å²) in [6.45, 7) is 1.89. The molecule has 3 aromatic rings. The monoisotopic (exact) mass is 449 g/mol. The molecule has 0 saturated carbocycles. The molecule has 33 heavy (non-hydrogen) atoms. The Kier molecular flexibility index (Phi) is 6.60. The highest BCUT2D eigenvalue weighted by Gasteiger charge is 2.36. The molecular formula is C24H27N5O4. The van der Waals surface area contributed by atoms with E-state index in [1.165, 1.54) is 0 Å². The molecule has 172 valence electrons. The number of ether oxygens (including phenoxy) is 2. The molecule has 0 aliphatic carbocycles. The number of carbonyl (C=O) groups is 1. The van der Waals surface area contributed by atoms with Crippen LogP contribution in [0.5, 0.6) is 11.5 Å². The zero-order chi connectivity index (χ0) is 23.4. The van der Waals surface area contributed by atoms with Gasteiger partial charge >= 0.3 is 0 Å². The van der Waals surface area contributed by atoms with Crippen LogP contribution in [0.4, 0.5) is 11.6 Å². The van der Waals surface area contributed by atoms with Crippen LogP contribution in [0.25, 0.3) is 0 Å². The summed E-state index contributed by atoms with van der Waals surface area (Å²) in [5, 5.41) is 20.1. The molecule has 1 aliphatic rings. The number of hydrogen-bond donors (Lipinski definition) is 3. The first kappa shape index (κ1) is 22.3. The van der Waals surface area contributed by atoms with Crippen LogP contribution in [0.3, 0.4) is 0 Å². The quantitative estimate of drug-likeness (QED) is 0.484. The molecular weight excluding hydrogens is 422 g/mol. The Bertz CT molecular complexity index is 1170. The third-order valence-corrected chi connectivity index (χ3v) is 5.46. The molecule has 0 bridgehead atoms. The van der Waals surface area contributed by atoms with E-state index in [4.69, 9.17) is 9.47 Å². The number of allylic oxidation sites excluding steroid dienone is 1. The van der Waals surface area contributed by atoms with Crippen LogP contribution in [0.2, 0.25) is 0 Å². The van der Waals surface area contributed by atoms with Crippen LogP contribution in [-0.2, 0) is 11.2 Å². The Hall–Kier alpha value is -3.85. The fraction of sp³-hybridized carbons (Fsp3) is 0.292. The second-order valence-electron chi connectivity index (χ2n) is 7.59. The van der Waals surface area contributed by atoms with Gasteiger partial charge in [0.1, 0.15) is 6.04 Å². The maximum absolute atomic E-state index is 13.5. The van der Waals surface area contributed by atoms with Gasteiger partial charge in [-0.25, -0.2) is 4.68 Å². The van der Waals surface area contributed by atoms with E-state index in [1.807, 2.05) is 49.4 Å². The molecule has 9 heteroatoms. The van der Waals surface area contributed by atoms with Crippen molar-refractivity contribution in [1.29, 1.82) is 0 Å². The molecule has 0 fully saturated rings. The molecule has 0 radical (unpaired) electrons. The number of hydrogen-bond acceptors (Lipinski definition) is 7. The molecule has 1 atom stereocenters. The van der Waals surface area contributed by atoms with Crippen molar-refractivity contribution >= 4 is 17.5 Å². The van der Waals surface area contributed by atoms with Crippen LogP contribution in [0.15, 0.2) is 59.8 Å². The second-order valence-corrected chi connectivity index (χ2v) is 7.59. The molecule has 0 saturated heterocycles. The van der Waals surface area contributed by atoms with Gasteiger partial charge in [-0.05, 0) is 31.5 Å². The fourth-order valence-electron chi connectivity index (χ4n) is 3.97. The number of para-hydroxylation sites is 2. The van der Waals surface area contributed by atoms with E-state index in [2.05, 4.69) is 20.7 Å². The predicted molar refractivity (Wildman–Crippen MR) is 125 cm³/mol. The normalized spacial score (nSPS) is 15.0. The van der Waals surface area contributed by atoms with E-state index in [9.17, 15) is 9.90 Å². The Morgan fingerprint density at radius 1 is 1.15 bits per heavy atom.